The van der Waals surface area contributed by atoms with Crippen LogP contribution in [0.5, 0.6) is 0 Å². The van der Waals surface area contributed by atoms with E-state index in [1.807, 2.05) is 0 Å². The number of hydrogen-bond donors (Lipinski definition) is 2. The molecular formula is C12H25N3O2. The minimum Gasteiger partial charge on any atom is -0.396 e. The zero-order valence-electron chi connectivity index (χ0n) is 11.0. The first-order chi connectivity index (χ1) is 8.16. The number of amides is 1. The van der Waals surface area contributed by atoms with Crippen LogP contribution in [0.2, 0.25) is 0 Å². The van der Waals surface area contributed by atoms with Crippen molar-refractivity contribution in [2.24, 2.45) is 0 Å². The largest absolute Gasteiger partial charge is 0.396 e. The molecule has 1 rings (SSSR count). The summed E-state index contributed by atoms with van der Waals surface area (Å²) in [7, 11) is 3.61. The second kappa shape index (κ2) is 7.63. The van der Waals surface area contributed by atoms with Gasteiger partial charge in [0.1, 0.15) is 6.04 Å². The molecule has 0 aromatic rings. The third kappa shape index (κ3) is 4.61. The summed E-state index contributed by atoms with van der Waals surface area (Å²) < 4.78 is 0. The average Bonchev–Trinajstić information content (AvgIpc) is 2.34. The first kappa shape index (κ1) is 14.4. The van der Waals surface area contributed by atoms with Gasteiger partial charge in [0.15, 0.2) is 0 Å². The smallest absolute Gasteiger partial charge is 0.240 e. The van der Waals surface area contributed by atoms with Gasteiger partial charge in [-0.25, -0.2) is 0 Å². The molecule has 0 aromatic carbocycles. The number of aliphatic hydroxyl groups is 1. The molecule has 0 aromatic heterocycles. The van der Waals surface area contributed by atoms with E-state index in [1.54, 1.807) is 19.0 Å². The van der Waals surface area contributed by atoms with Crippen molar-refractivity contribution in [2.75, 3.05) is 46.9 Å². The number of carbonyl (C=O) groups is 1. The zero-order chi connectivity index (χ0) is 12.7. The Morgan fingerprint density at radius 1 is 1.41 bits per heavy atom. The molecule has 1 amide bonds. The number of piperazine rings is 1. The maximum atomic E-state index is 12.0. The van der Waals surface area contributed by atoms with Gasteiger partial charge in [0, 0.05) is 40.3 Å². The van der Waals surface area contributed by atoms with Gasteiger partial charge in [0.05, 0.1) is 0 Å². The summed E-state index contributed by atoms with van der Waals surface area (Å²) in [6, 6.07) is -0.0205. The van der Waals surface area contributed by atoms with Crippen LogP contribution in [0.3, 0.4) is 0 Å². The van der Waals surface area contributed by atoms with Crippen molar-refractivity contribution in [3.63, 3.8) is 0 Å². The fourth-order valence-corrected chi connectivity index (χ4v) is 2.16. The van der Waals surface area contributed by atoms with Crippen LogP contribution in [-0.2, 0) is 4.79 Å². The lowest BCUT2D eigenvalue weighted by Gasteiger charge is -2.36. The maximum Gasteiger partial charge on any atom is 0.240 e. The van der Waals surface area contributed by atoms with Crippen molar-refractivity contribution in [1.82, 2.24) is 15.1 Å². The molecule has 1 saturated heterocycles. The minimum absolute atomic E-state index is 0.0205. The number of carbonyl (C=O) groups excluding carboxylic acids is 1. The number of hydrogen-bond acceptors (Lipinski definition) is 4. The van der Waals surface area contributed by atoms with E-state index in [4.69, 9.17) is 5.11 Å². The standard InChI is InChI=1S/C12H25N3O2/c1-14(2)12(17)11-10-13-6-8-15(11)7-4-3-5-9-16/h11,13,16H,3-10H2,1-2H3. The van der Waals surface area contributed by atoms with Gasteiger partial charge in [-0.15, -0.1) is 0 Å². The van der Waals surface area contributed by atoms with E-state index >= 15 is 0 Å². The number of unbranched alkanes of at least 4 members (excludes halogenated alkanes) is 2. The number of aliphatic hydroxyl groups excluding tert-OH is 1. The fraction of sp³-hybridized carbons (Fsp3) is 0.917. The third-order valence-corrected chi connectivity index (χ3v) is 3.18. The average molecular weight is 243 g/mol. The summed E-state index contributed by atoms with van der Waals surface area (Å²) in [6.45, 7) is 3.85. The Hall–Kier alpha value is -0.650. The Morgan fingerprint density at radius 3 is 2.82 bits per heavy atom. The molecule has 0 bridgehead atoms. The van der Waals surface area contributed by atoms with Gasteiger partial charge < -0.3 is 15.3 Å². The Bertz CT molecular complexity index is 234. The van der Waals surface area contributed by atoms with Crippen LogP contribution >= 0.6 is 0 Å². The predicted octanol–water partition coefficient (Wildman–Crippen LogP) is -0.489. The predicted molar refractivity (Wildman–Crippen MR) is 67.9 cm³/mol. The van der Waals surface area contributed by atoms with E-state index in [9.17, 15) is 4.79 Å². The molecule has 0 saturated carbocycles. The van der Waals surface area contributed by atoms with Gasteiger partial charge in [-0.2, -0.15) is 0 Å². The summed E-state index contributed by atoms with van der Waals surface area (Å²) in [5.41, 5.74) is 0. The Morgan fingerprint density at radius 2 is 2.18 bits per heavy atom. The third-order valence-electron chi connectivity index (χ3n) is 3.18. The molecule has 1 aliphatic heterocycles. The van der Waals surface area contributed by atoms with Crippen molar-refractivity contribution in [2.45, 2.75) is 25.3 Å². The highest BCUT2D eigenvalue weighted by Gasteiger charge is 2.28. The van der Waals surface area contributed by atoms with Crippen LogP contribution in [-0.4, -0.2) is 73.7 Å². The summed E-state index contributed by atoms with van der Waals surface area (Å²) in [5.74, 6) is 0.180. The molecular weight excluding hydrogens is 218 g/mol. The quantitative estimate of drug-likeness (QED) is 0.618. The molecule has 1 aliphatic rings. The molecule has 2 N–H and O–H groups in total. The first-order valence-corrected chi connectivity index (χ1v) is 6.43. The van der Waals surface area contributed by atoms with Crippen LogP contribution in [0.25, 0.3) is 0 Å². The van der Waals surface area contributed by atoms with Gasteiger partial charge in [-0.1, -0.05) is 0 Å². The van der Waals surface area contributed by atoms with Gasteiger partial charge in [-0.05, 0) is 25.8 Å². The molecule has 5 nitrogen and oxygen atoms in total. The molecule has 17 heavy (non-hydrogen) atoms. The van der Waals surface area contributed by atoms with Crippen molar-refractivity contribution >= 4 is 5.91 Å². The van der Waals surface area contributed by atoms with Gasteiger partial charge >= 0.3 is 0 Å². The summed E-state index contributed by atoms with van der Waals surface area (Å²) in [5, 5.41) is 12.0. The first-order valence-electron chi connectivity index (χ1n) is 6.43. The van der Waals surface area contributed by atoms with E-state index < -0.39 is 0 Å². The maximum absolute atomic E-state index is 12.0. The van der Waals surface area contributed by atoms with Crippen molar-refractivity contribution in [3.8, 4) is 0 Å². The molecule has 5 heteroatoms. The molecule has 0 spiro atoms. The zero-order valence-corrected chi connectivity index (χ0v) is 11.0. The van der Waals surface area contributed by atoms with Crippen molar-refractivity contribution in [3.05, 3.63) is 0 Å². The lowest BCUT2D eigenvalue weighted by molar-refractivity contribution is -0.135. The molecule has 1 unspecified atom stereocenters. The minimum atomic E-state index is -0.0205. The van der Waals surface area contributed by atoms with E-state index in [-0.39, 0.29) is 18.6 Å². The number of rotatable bonds is 6. The monoisotopic (exact) mass is 243 g/mol. The van der Waals surface area contributed by atoms with Crippen LogP contribution in [0.15, 0.2) is 0 Å². The van der Waals surface area contributed by atoms with E-state index in [1.165, 1.54) is 0 Å². The molecule has 100 valence electrons. The van der Waals surface area contributed by atoms with Crippen LogP contribution in [0, 0.1) is 0 Å². The Labute approximate surface area is 104 Å². The second-order valence-corrected chi connectivity index (χ2v) is 4.77. The van der Waals surface area contributed by atoms with Crippen LogP contribution in [0.4, 0.5) is 0 Å². The number of likely N-dealkylation sites (N-methyl/N-ethyl adjacent to an activating group) is 1. The molecule has 0 radical (unpaired) electrons. The fourth-order valence-electron chi connectivity index (χ4n) is 2.16. The van der Waals surface area contributed by atoms with Crippen molar-refractivity contribution in [1.29, 1.82) is 0 Å². The highest BCUT2D eigenvalue weighted by Crippen LogP contribution is 2.08. The normalized spacial score (nSPS) is 21.5. The molecule has 1 heterocycles. The lowest BCUT2D eigenvalue weighted by atomic mass is 10.1. The van der Waals surface area contributed by atoms with Crippen LogP contribution < -0.4 is 5.32 Å². The SMILES string of the molecule is CN(C)C(=O)C1CNCCN1CCCCCO. The topological polar surface area (TPSA) is 55.8 Å². The number of nitrogens with one attached hydrogen (secondary N) is 1. The number of nitrogens with zero attached hydrogens (tertiary/aromatic N) is 2. The summed E-state index contributed by atoms with van der Waals surface area (Å²) in [6.07, 6.45) is 2.94. The van der Waals surface area contributed by atoms with Crippen LogP contribution in [0.1, 0.15) is 19.3 Å². The van der Waals surface area contributed by atoms with E-state index in [0.717, 1.165) is 45.4 Å². The van der Waals surface area contributed by atoms with Crippen molar-refractivity contribution < 1.29 is 9.90 Å². The van der Waals surface area contributed by atoms with Gasteiger partial charge in [0.25, 0.3) is 0 Å². The highest BCUT2D eigenvalue weighted by atomic mass is 16.2. The molecule has 1 fully saturated rings. The Balaban J connectivity index is 2.40. The second-order valence-electron chi connectivity index (χ2n) is 4.77. The van der Waals surface area contributed by atoms with Gasteiger partial charge in [-0.3, -0.25) is 9.69 Å². The lowest BCUT2D eigenvalue weighted by Crippen LogP contribution is -2.57. The Kier molecular flexibility index (Phi) is 6.47. The molecule has 0 aliphatic carbocycles. The summed E-state index contributed by atoms with van der Waals surface area (Å²) >= 11 is 0. The summed E-state index contributed by atoms with van der Waals surface area (Å²) in [4.78, 5) is 15.9. The van der Waals surface area contributed by atoms with E-state index in [0.29, 0.717) is 0 Å². The molecule has 1 atom stereocenters. The highest BCUT2D eigenvalue weighted by molar-refractivity contribution is 5.81. The van der Waals surface area contributed by atoms with E-state index in [2.05, 4.69) is 10.2 Å². The van der Waals surface area contributed by atoms with Gasteiger partial charge in [0.2, 0.25) is 5.91 Å².